The quantitative estimate of drug-likeness (QED) is 0.847. The van der Waals surface area contributed by atoms with E-state index in [1.165, 1.54) is 19.2 Å². The Morgan fingerprint density at radius 1 is 1.64 bits per heavy atom. The van der Waals surface area contributed by atoms with Crippen LogP contribution in [-0.4, -0.2) is 18.2 Å². The maximum absolute atomic E-state index is 10.8. The van der Waals surface area contributed by atoms with Crippen molar-refractivity contribution in [3.8, 4) is 11.8 Å². The Kier molecular flexibility index (Phi) is 3.30. The molecule has 0 bridgehead atoms. The lowest BCUT2D eigenvalue weighted by Crippen LogP contribution is -2.02. The fourth-order valence-electron chi connectivity index (χ4n) is 0.967. The maximum Gasteiger partial charge on any atom is 0.336 e. The molecule has 0 aromatic heterocycles. The van der Waals surface area contributed by atoms with E-state index in [-0.39, 0.29) is 11.1 Å². The molecule has 72 valence electrons. The average Bonchev–Trinajstić information content (AvgIpc) is 2.17. The Labute approximate surface area is 94.2 Å². The van der Waals surface area contributed by atoms with Gasteiger partial charge in [-0.2, -0.15) is 5.26 Å². The second kappa shape index (κ2) is 4.28. The molecule has 1 aromatic rings. The zero-order valence-corrected chi connectivity index (χ0v) is 9.40. The molecule has 0 atom stereocenters. The summed E-state index contributed by atoms with van der Waals surface area (Å²) in [5.41, 5.74) is 0.362. The molecule has 14 heavy (non-hydrogen) atoms. The van der Waals surface area contributed by atoms with Crippen molar-refractivity contribution < 1.29 is 14.6 Å². The molecule has 0 aliphatic carbocycles. The Balaban J connectivity index is 3.44. The van der Waals surface area contributed by atoms with E-state index in [0.29, 0.717) is 9.32 Å². The third-order valence-electron chi connectivity index (χ3n) is 1.62. The molecule has 1 rings (SSSR count). The summed E-state index contributed by atoms with van der Waals surface area (Å²) in [5, 5.41) is 17.5. The lowest BCUT2D eigenvalue weighted by Gasteiger charge is -2.06. The highest BCUT2D eigenvalue weighted by Crippen LogP contribution is 2.26. The molecule has 0 saturated heterocycles. The van der Waals surface area contributed by atoms with Gasteiger partial charge in [0.2, 0.25) is 0 Å². The van der Waals surface area contributed by atoms with Gasteiger partial charge in [-0.1, -0.05) is 0 Å². The third kappa shape index (κ3) is 1.96. The van der Waals surface area contributed by atoms with Crippen LogP contribution in [0.3, 0.4) is 0 Å². The average molecular weight is 303 g/mol. The first-order valence-electron chi connectivity index (χ1n) is 3.61. The van der Waals surface area contributed by atoms with Gasteiger partial charge < -0.3 is 9.84 Å². The molecule has 1 N–H and O–H groups in total. The first-order chi connectivity index (χ1) is 6.60. The Bertz CT molecular complexity index is 423. The molecule has 0 radical (unpaired) electrons. The number of hydrogen-bond acceptors (Lipinski definition) is 3. The minimum atomic E-state index is -1.06. The minimum absolute atomic E-state index is 0.0847. The number of nitriles is 1. The second-order valence-electron chi connectivity index (χ2n) is 2.46. The summed E-state index contributed by atoms with van der Waals surface area (Å²) in [6.07, 6.45) is 0. The Morgan fingerprint density at radius 2 is 2.29 bits per heavy atom. The van der Waals surface area contributed by atoms with Gasteiger partial charge in [-0.15, -0.1) is 0 Å². The van der Waals surface area contributed by atoms with Gasteiger partial charge in [0.25, 0.3) is 0 Å². The van der Waals surface area contributed by atoms with Gasteiger partial charge in [-0.05, 0) is 34.7 Å². The van der Waals surface area contributed by atoms with Crippen molar-refractivity contribution in [3.05, 3.63) is 26.8 Å². The van der Waals surface area contributed by atoms with Crippen LogP contribution >= 0.6 is 22.6 Å². The summed E-state index contributed by atoms with van der Waals surface area (Å²) in [5.74, 6) is -0.660. The zero-order valence-electron chi connectivity index (χ0n) is 7.24. The van der Waals surface area contributed by atoms with Gasteiger partial charge in [0.1, 0.15) is 5.75 Å². The number of rotatable bonds is 2. The number of methoxy groups -OCH3 is 1. The van der Waals surface area contributed by atoms with E-state index in [0.717, 1.165) is 0 Å². The number of nitrogens with zero attached hydrogens (tertiary/aromatic N) is 1. The topological polar surface area (TPSA) is 70.3 Å². The van der Waals surface area contributed by atoms with Crippen molar-refractivity contribution in [1.82, 2.24) is 0 Å². The van der Waals surface area contributed by atoms with Crippen molar-refractivity contribution >= 4 is 28.6 Å². The highest BCUT2D eigenvalue weighted by atomic mass is 127. The van der Waals surface area contributed by atoms with Crippen LogP contribution in [0.25, 0.3) is 0 Å². The van der Waals surface area contributed by atoms with Crippen molar-refractivity contribution in [1.29, 1.82) is 5.26 Å². The van der Waals surface area contributed by atoms with Gasteiger partial charge in [0.15, 0.2) is 0 Å². The first-order valence-corrected chi connectivity index (χ1v) is 4.69. The molecule has 4 nitrogen and oxygen atoms in total. The van der Waals surface area contributed by atoms with E-state index in [1.54, 1.807) is 0 Å². The van der Waals surface area contributed by atoms with Crippen LogP contribution in [0.4, 0.5) is 0 Å². The lowest BCUT2D eigenvalue weighted by molar-refractivity contribution is 0.0695. The Hall–Kier alpha value is -1.29. The zero-order chi connectivity index (χ0) is 10.7. The first kappa shape index (κ1) is 10.8. The number of hydrogen-bond donors (Lipinski definition) is 1. The number of ether oxygens (including phenoxy) is 1. The van der Waals surface area contributed by atoms with Crippen molar-refractivity contribution in [3.63, 3.8) is 0 Å². The van der Waals surface area contributed by atoms with Gasteiger partial charge in [0, 0.05) is 0 Å². The fraction of sp³-hybridized carbons (Fsp3) is 0.111. The van der Waals surface area contributed by atoms with Gasteiger partial charge in [0.05, 0.1) is 27.9 Å². The van der Waals surface area contributed by atoms with Crippen molar-refractivity contribution in [2.24, 2.45) is 0 Å². The van der Waals surface area contributed by atoms with Crippen LogP contribution in [0.1, 0.15) is 15.9 Å². The van der Waals surface area contributed by atoms with Crippen molar-refractivity contribution in [2.75, 3.05) is 7.11 Å². The summed E-state index contributed by atoms with van der Waals surface area (Å²) >= 11 is 1.87. The van der Waals surface area contributed by atoms with E-state index in [1.807, 2.05) is 28.7 Å². The molecular formula is C9H6INO3. The highest BCUT2D eigenvalue weighted by molar-refractivity contribution is 14.1. The maximum atomic E-state index is 10.8. The van der Waals surface area contributed by atoms with Gasteiger partial charge >= 0.3 is 5.97 Å². The summed E-state index contributed by atoms with van der Waals surface area (Å²) in [7, 11) is 1.43. The van der Waals surface area contributed by atoms with E-state index in [2.05, 4.69) is 0 Å². The fourth-order valence-corrected chi connectivity index (χ4v) is 1.73. The number of carboxylic acid groups (broad SMARTS) is 1. The molecule has 0 amide bonds. The van der Waals surface area contributed by atoms with Crippen LogP contribution in [0.2, 0.25) is 0 Å². The lowest BCUT2D eigenvalue weighted by atomic mass is 10.1. The monoisotopic (exact) mass is 303 g/mol. The van der Waals surface area contributed by atoms with E-state index in [9.17, 15) is 4.79 Å². The molecular weight excluding hydrogens is 297 g/mol. The summed E-state index contributed by atoms with van der Waals surface area (Å²) in [4.78, 5) is 10.8. The smallest absolute Gasteiger partial charge is 0.336 e. The third-order valence-corrected chi connectivity index (χ3v) is 2.73. The van der Waals surface area contributed by atoms with Crippen LogP contribution < -0.4 is 4.74 Å². The molecule has 0 unspecified atom stereocenters. The van der Waals surface area contributed by atoms with Crippen molar-refractivity contribution in [2.45, 2.75) is 0 Å². The summed E-state index contributed by atoms with van der Waals surface area (Å²) in [6.45, 7) is 0. The number of halogens is 1. The summed E-state index contributed by atoms with van der Waals surface area (Å²) < 4.78 is 5.45. The summed E-state index contributed by atoms with van der Waals surface area (Å²) in [6, 6.07) is 4.71. The predicted molar refractivity (Wildman–Crippen MR) is 57.4 cm³/mol. The SMILES string of the molecule is COc1cc(C#N)cc(C(=O)O)c1I. The van der Waals surface area contributed by atoms with Crippen LogP contribution in [0, 0.1) is 14.9 Å². The number of aromatic carboxylic acids is 1. The molecule has 0 saturated carbocycles. The van der Waals surface area contributed by atoms with Gasteiger partial charge in [-0.3, -0.25) is 0 Å². The molecule has 5 heteroatoms. The number of benzene rings is 1. The molecule has 0 aliphatic heterocycles. The van der Waals surface area contributed by atoms with Crippen LogP contribution in [-0.2, 0) is 0 Å². The number of carbonyl (C=O) groups is 1. The van der Waals surface area contributed by atoms with Gasteiger partial charge in [-0.25, -0.2) is 4.79 Å². The Morgan fingerprint density at radius 3 is 2.71 bits per heavy atom. The van der Waals surface area contributed by atoms with Crippen LogP contribution in [0.5, 0.6) is 5.75 Å². The molecule has 0 spiro atoms. The minimum Gasteiger partial charge on any atom is -0.496 e. The largest absolute Gasteiger partial charge is 0.496 e. The van der Waals surface area contributed by atoms with E-state index < -0.39 is 5.97 Å². The normalized spacial score (nSPS) is 9.21. The highest BCUT2D eigenvalue weighted by Gasteiger charge is 2.14. The van der Waals surface area contributed by atoms with E-state index >= 15 is 0 Å². The molecule has 0 aliphatic rings. The second-order valence-corrected chi connectivity index (χ2v) is 3.54. The standard InChI is InChI=1S/C9H6INO3/c1-14-7-3-5(4-11)2-6(8(7)10)9(12)13/h2-3H,1H3,(H,12,13). The predicted octanol–water partition coefficient (Wildman–Crippen LogP) is 1.87. The number of carboxylic acids is 1. The van der Waals surface area contributed by atoms with E-state index in [4.69, 9.17) is 15.1 Å². The molecule has 0 fully saturated rings. The molecule has 0 heterocycles. The molecule has 1 aromatic carbocycles. The van der Waals surface area contributed by atoms with Crippen LogP contribution in [0.15, 0.2) is 12.1 Å².